The van der Waals surface area contributed by atoms with Gasteiger partial charge in [-0.15, -0.1) is 0 Å². The molecule has 72 valence electrons. The summed E-state index contributed by atoms with van der Waals surface area (Å²) in [5.74, 6) is -1.49. The molecule has 2 aromatic heterocycles. The van der Waals surface area contributed by atoms with E-state index in [-0.39, 0.29) is 17.1 Å². The summed E-state index contributed by atoms with van der Waals surface area (Å²) < 4.78 is 26.0. The van der Waals surface area contributed by atoms with E-state index in [9.17, 15) is 8.78 Å². The Labute approximate surface area is 77.8 Å². The van der Waals surface area contributed by atoms with E-state index in [2.05, 4.69) is 15.2 Å². The second-order valence-electron chi connectivity index (χ2n) is 2.69. The molecule has 0 aliphatic heterocycles. The third-order valence-corrected chi connectivity index (χ3v) is 1.73. The van der Waals surface area contributed by atoms with Gasteiger partial charge in [0.2, 0.25) is 0 Å². The number of nitrogens with two attached hydrogens (primary N) is 1. The van der Waals surface area contributed by atoms with Crippen LogP contribution in [-0.4, -0.2) is 15.2 Å². The normalized spacial score (nSPS) is 10.4. The first-order chi connectivity index (χ1) is 6.68. The zero-order valence-corrected chi connectivity index (χ0v) is 6.96. The van der Waals surface area contributed by atoms with Crippen LogP contribution in [0.4, 0.5) is 14.6 Å². The molecular weight excluding hydrogens is 190 g/mol. The van der Waals surface area contributed by atoms with Crippen molar-refractivity contribution in [2.45, 2.75) is 0 Å². The first kappa shape index (κ1) is 8.61. The molecule has 6 heteroatoms. The van der Waals surface area contributed by atoms with Gasteiger partial charge in [0, 0.05) is 11.8 Å². The van der Waals surface area contributed by atoms with E-state index in [1.807, 2.05) is 0 Å². The molecule has 0 saturated heterocycles. The molecule has 2 aromatic rings. The maximum absolute atomic E-state index is 13.2. The van der Waals surface area contributed by atoms with Gasteiger partial charge in [-0.1, -0.05) is 0 Å². The number of hydrogen-bond acceptors (Lipinski definition) is 3. The Morgan fingerprint density at radius 3 is 2.64 bits per heavy atom. The van der Waals surface area contributed by atoms with Crippen molar-refractivity contribution >= 4 is 5.82 Å². The van der Waals surface area contributed by atoms with Gasteiger partial charge in [-0.2, -0.15) is 5.10 Å². The fourth-order valence-corrected chi connectivity index (χ4v) is 1.08. The molecule has 0 radical (unpaired) electrons. The highest BCUT2D eigenvalue weighted by Gasteiger charge is 2.12. The van der Waals surface area contributed by atoms with Crippen LogP contribution >= 0.6 is 0 Å². The van der Waals surface area contributed by atoms with Crippen LogP contribution in [0, 0.1) is 11.6 Å². The molecule has 4 nitrogen and oxygen atoms in total. The number of rotatable bonds is 1. The lowest BCUT2D eigenvalue weighted by atomic mass is 10.2. The molecule has 2 heterocycles. The first-order valence-corrected chi connectivity index (χ1v) is 3.78. The highest BCUT2D eigenvalue weighted by molar-refractivity contribution is 5.61. The smallest absolute Gasteiger partial charge is 0.192 e. The monoisotopic (exact) mass is 196 g/mol. The Morgan fingerprint density at radius 2 is 2.07 bits per heavy atom. The van der Waals surface area contributed by atoms with Crippen molar-refractivity contribution in [3.8, 4) is 11.3 Å². The predicted octanol–water partition coefficient (Wildman–Crippen LogP) is 1.33. The molecule has 0 aliphatic carbocycles. The number of aromatic amines is 1. The second kappa shape index (κ2) is 3.06. The molecule has 0 unspecified atom stereocenters. The maximum Gasteiger partial charge on any atom is 0.192 e. The van der Waals surface area contributed by atoms with Gasteiger partial charge in [-0.05, 0) is 6.07 Å². The summed E-state index contributed by atoms with van der Waals surface area (Å²) in [7, 11) is 0. The van der Waals surface area contributed by atoms with E-state index in [0.717, 1.165) is 12.3 Å². The minimum atomic E-state index is -0.697. The average Bonchev–Trinajstić information content (AvgIpc) is 2.48. The van der Waals surface area contributed by atoms with E-state index in [1.54, 1.807) is 0 Å². The van der Waals surface area contributed by atoms with Gasteiger partial charge >= 0.3 is 0 Å². The molecule has 0 aliphatic rings. The van der Waals surface area contributed by atoms with Crippen molar-refractivity contribution in [3.05, 3.63) is 30.1 Å². The van der Waals surface area contributed by atoms with Crippen LogP contribution in [0.25, 0.3) is 11.3 Å². The molecule has 2 rings (SSSR count). The van der Waals surface area contributed by atoms with E-state index < -0.39 is 11.6 Å². The Morgan fingerprint density at radius 1 is 1.29 bits per heavy atom. The zero-order valence-electron chi connectivity index (χ0n) is 6.96. The van der Waals surface area contributed by atoms with Gasteiger partial charge in [0.05, 0.1) is 6.20 Å². The van der Waals surface area contributed by atoms with Gasteiger partial charge in [0.15, 0.2) is 11.6 Å². The van der Waals surface area contributed by atoms with Crippen LogP contribution in [0.2, 0.25) is 0 Å². The lowest BCUT2D eigenvalue weighted by molar-refractivity contribution is 0.620. The van der Waals surface area contributed by atoms with Crippen LogP contribution in [0.15, 0.2) is 18.5 Å². The summed E-state index contributed by atoms with van der Waals surface area (Å²) in [6.07, 6.45) is 2.35. The molecule has 0 spiro atoms. The number of hydrogen-bond donors (Lipinski definition) is 2. The molecule has 0 saturated carbocycles. The van der Waals surface area contributed by atoms with Gasteiger partial charge in [0.1, 0.15) is 11.5 Å². The fraction of sp³-hybridized carbons (Fsp3) is 0. The molecule has 14 heavy (non-hydrogen) atoms. The maximum atomic E-state index is 13.2. The third-order valence-electron chi connectivity index (χ3n) is 1.73. The van der Waals surface area contributed by atoms with Crippen molar-refractivity contribution in [2.75, 3.05) is 5.73 Å². The number of H-pyrrole nitrogens is 1. The molecule has 0 aromatic carbocycles. The summed E-state index contributed by atoms with van der Waals surface area (Å²) in [5.41, 5.74) is 5.49. The molecular formula is C8H6F2N4. The number of pyridine rings is 1. The van der Waals surface area contributed by atoms with Gasteiger partial charge < -0.3 is 5.73 Å². The number of nitrogens with zero attached hydrogens (tertiary/aromatic N) is 2. The minimum absolute atomic E-state index is 0.0366. The molecule has 0 bridgehead atoms. The lowest BCUT2D eigenvalue weighted by Gasteiger charge is -1.96. The molecule has 3 N–H and O–H groups in total. The van der Waals surface area contributed by atoms with E-state index in [1.165, 1.54) is 6.20 Å². The average molecular weight is 196 g/mol. The topological polar surface area (TPSA) is 67.6 Å². The van der Waals surface area contributed by atoms with Crippen molar-refractivity contribution in [1.82, 2.24) is 15.2 Å². The lowest BCUT2D eigenvalue weighted by Crippen LogP contribution is -1.88. The summed E-state index contributed by atoms with van der Waals surface area (Å²) in [4.78, 5) is 3.58. The third kappa shape index (κ3) is 1.30. The Balaban J connectivity index is 2.55. The summed E-state index contributed by atoms with van der Waals surface area (Å²) in [6, 6.07) is 1.14. The van der Waals surface area contributed by atoms with Crippen molar-refractivity contribution < 1.29 is 8.78 Å². The Bertz CT molecular complexity index is 466. The van der Waals surface area contributed by atoms with Crippen LogP contribution < -0.4 is 5.73 Å². The summed E-state index contributed by atoms with van der Waals surface area (Å²) in [5, 5.41) is 5.81. The minimum Gasteiger partial charge on any atom is -0.380 e. The van der Waals surface area contributed by atoms with E-state index in [0.29, 0.717) is 0 Å². The molecule has 0 atom stereocenters. The van der Waals surface area contributed by atoms with Gasteiger partial charge in [-0.3, -0.25) is 10.1 Å². The SMILES string of the molecule is Nc1n[nH]c(-c2cncc(F)c2)c1F. The quantitative estimate of drug-likeness (QED) is 0.723. The Hall–Kier alpha value is -1.98. The van der Waals surface area contributed by atoms with Crippen molar-refractivity contribution in [1.29, 1.82) is 0 Å². The van der Waals surface area contributed by atoms with Gasteiger partial charge in [-0.25, -0.2) is 8.78 Å². The summed E-state index contributed by atoms with van der Waals surface area (Å²) >= 11 is 0. The number of aromatic nitrogens is 3. The first-order valence-electron chi connectivity index (χ1n) is 3.78. The van der Waals surface area contributed by atoms with Crippen LogP contribution in [0.5, 0.6) is 0 Å². The second-order valence-corrected chi connectivity index (χ2v) is 2.69. The van der Waals surface area contributed by atoms with Crippen molar-refractivity contribution in [2.24, 2.45) is 0 Å². The summed E-state index contributed by atoms with van der Waals surface area (Å²) in [6.45, 7) is 0. The van der Waals surface area contributed by atoms with E-state index in [4.69, 9.17) is 5.73 Å². The zero-order chi connectivity index (χ0) is 10.1. The Kier molecular flexibility index (Phi) is 1.88. The number of halogens is 2. The van der Waals surface area contributed by atoms with E-state index >= 15 is 0 Å². The molecule has 0 fully saturated rings. The standard InChI is InChI=1S/C8H6F2N4/c9-5-1-4(2-12-3-5)7-6(10)8(11)14-13-7/h1-3H,(H3,11,13,14). The largest absolute Gasteiger partial charge is 0.380 e. The molecule has 0 amide bonds. The number of nitrogens with one attached hydrogen (secondary N) is 1. The predicted molar refractivity (Wildman–Crippen MR) is 46.1 cm³/mol. The highest BCUT2D eigenvalue weighted by atomic mass is 19.1. The van der Waals surface area contributed by atoms with Gasteiger partial charge in [0.25, 0.3) is 0 Å². The number of anilines is 1. The van der Waals surface area contributed by atoms with Crippen LogP contribution in [0.1, 0.15) is 0 Å². The number of nitrogen functional groups attached to an aromatic ring is 1. The van der Waals surface area contributed by atoms with Crippen molar-refractivity contribution in [3.63, 3.8) is 0 Å². The van der Waals surface area contributed by atoms with Crippen LogP contribution in [0.3, 0.4) is 0 Å². The van der Waals surface area contributed by atoms with Crippen LogP contribution in [-0.2, 0) is 0 Å². The highest BCUT2D eigenvalue weighted by Crippen LogP contribution is 2.22. The fourth-order valence-electron chi connectivity index (χ4n) is 1.08.